The number of rotatable bonds is 4. The second-order valence-electron chi connectivity index (χ2n) is 4.06. The summed E-state index contributed by atoms with van der Waals surface area (Å²) in [5.74, 6) is -1.12. The summed E-state index contributed by atoms with van der Waals surface area (Å²) in [5.41, 5.74) is 0.308. The zero-order chi connectivity index (χ0) is 15.6. The largest absolute Gasteiger partial charge is 0.478 e. The molecule has 2 N–H and O–H groups in total. The lowest BCUT2D eigenvalue weighted by Crippen LogP contribution is -2.13. The van der Waals surface area contributed by atoms with Gasteiger partial charge in [0.2, 0.25) is 0 Å². The van der Waals surface area contributed by atoms with Gasteiger partial charge in [-0.1, -0.05) is 11.6 Å². The number of carboxylic acid groups (broad SMARTS) is 1. The third kappa shape index (κ3) is 3.75. The Balaban J connectivity index is 2.34. The van der Waals surface area contributed by atoms with Crippen molar-refractivity contribution in [2.45, 2.75) is 4.90 Å². The number of sulfonamides is 1. The standard InChI is InChI=1S/C13H9BrClNO4S/c14-11-6-3-9(15)7-12(11)16-21(19,20)10-4-1-8(2-5-10)13(17)18/h1-7,16H,(H,17,18). The third-order valence-corrected chi connectivity index (χ3v) is 4.89. The van der Waals surface area contributed by atoms with Crippen molar-refractivity contribution >= 4 is 49.2 Å². The van der Waals surface area contributed by atoms with E-state index in [9.17, 15) is 13.2 Å². The van der Waals surface area contributed by atoms with E-state index in [1.807, 2.05) is 0 Å². The van der Waals surface area contributed by atoms with E-state index in [2.05, 4.69) is 20.7 Å². The van der Waals surface area contributed by atoms with Crippen molar-refractivity contribution in [3.05, 3.63) is 57.5 Å². The highest BCUT2D eigenvalue weighted by Gasteiger charge is 2.16. The topological polar surface area (TPSA) is 83.5 Å². The van der Waals surface area contributed by atoms with Crippen LogP contribution in [0.5, 0.6) is 0 Å². The SMILES string of the molecule is O=C(O)c1ccc(S(=O)(=O)Nc2cc(Cl)ccc2Br)cc1. The van der Waals surface area contributed by atoms with Crippen LogP contribution in [-0.4, -0.2) is 19.5 Å². The molecule has 0 spiro atoms. The van der Waals surface area contributed by atoms with Crippen LogP contribution in [-0.2, 0) is 10.0 Å². The molecule has 110 valence electrons. The van der Waals surface area contributed by atoms with Gasteiger partial charge in [0.05, 0.1) is 16.1 Å². The molecule has 8 heteroatoms. The Bertz CT molecular complexity index is 790. The number of carbonyl (C=O) groups is 1. The zero-order valence-electron chi connectivity index (χ0n) is 10.4. The smallest absolute Gasteiger partial charge is 0.335 e. The Hall–Kier alpha value is -1.57. The summed E-state index contributed by atoms with van der Waals surface area (Å²) in [7, 11) is -3.83. The number of benzene rings is 2. The molecule has 0 aliphatic carbocycles. The summed E-state index contributed by atoms with van der Waals surface area (Å²) in [5, 5.41) is 9.18. The van der Waals surface area contributed by atoms with Crippen molar-refractivity contribution in [2.75, 3.05) is 4.72 Å². The maximum absolute atomic E-state index is 12.2. The fourth-order valence-electron chi connectivity index (χ4n) is 1.56. The van der Waals surface area contributed by atoms with E-state index in [0.29, 0.717) is 15.2 Å². The average molecular weight is 391 g/mol. The highest BCUT2D eigenvalue weighted by atomic mass is 79.9. The number of hydrogen-bond donors (Lipinski definition) is 2. The van der Waals surface area contributed by atoms with E-state index >= 15 is 0 Å². The van der Waals surface area contributed by atoms with E-state index in [1.54, 1.807) is 12.1 Å². The number of carboxylic acids is 1. The van der Waals surface area contributed by atoms with Crippen molar-refractivity contribution in [2.24, 2.45) is 0 Å². The number of halogens is 2. The minimum Gasteiger partial charge on any atom is -0.478 e. The summed E-state index contributed by atoms with van der Waals surface area (Å²) in [4.78, 5) is 10.7. The van der Waals surface area contributed by atoms with Gasteiger partial charge in [-0.3, -0.25) is 4.72 Å². The summed E-state index contributed by atoms with van der Waals surface area (Å²) < 4.78 is 27.4. The summed E-state index contributed by atoms with van der Waals surface area (Å²) in [6.07, 6.45) is 0. The van der Waals surface area contributed by atoms with Crippen LogP contribution in [0.1, 0.15) is 10.4 Å². The highest BCUT2D eigenvalue weighted by Crippen LogP contribution is 2.28. The van der Waals surface area contributed by atoms with Crippen molar-refractivity contribution in [3.63, 3.8) is 0 Å². The molecule has 2 rings (SSSR count). The molecular weight excluding hydrogens is 382 g/mol. The summed E-state index contributed by atoms with van der Waals surface area (Å²) in [6, 6.07) is 9.61. The minimum atomic E-state index is -3.83. The average Bonchev–Trinajstić information content (AvgIpc) is 2.43. The van der Waals surface area contributed by atoms with E-state index in [-0.39, 0.29) is 10.5 Å². The molecule has 0 saturated carbocycles. The van der Waals surface area contributed by atoms with Gasteiger partial charge in [0.15, 0.2) is 0 Å². The second kappa shape index (κ2) is 6.05. The van der Waals surface area contributed by atoms with Crippen molar-refractivity contribution < 1.29 is 18.3 Å². The van der Waals surface area contributed by atoms with E-state index in [0.717, 1.165) is 0 Å². The van der Waals surface area contributed by atoms with Crippen LogP contribution in [0.2, 0.25) is 5.02 Å². The molecule has 21 heavy (non-hydrogen) atoms. The first kappa shape index (κ1) is 15.8. The third-order valence-electron chi connectivity index (χ3n) is 2.58. The minimum absolute atomic E-state index is 0.0119. The van der Waals surface area contributed by atoms with Crippen LogP contribution in [0.15, 0.2) is 51.8 Å². The van der Waals surface area contributed by atoms with Gasteiger partial charge < -0.3 is 5.11 Å². The first-order chi connectivity index (χ1) is 9.79. The quantitative estimate of drug-likeness (QED) is 0.835. The molecule has 0 radical (unpaired) electrons. The maximum atomic E-state index is 12.2. The molecule has 0 unspecified atom stereocenters. The molecule has 0 aliphatic rings. The number of nitrogens with one attached hydrogen (secondary N) is 1. The molecule has 2 aromatic carbocycles. The lowest BCUT2D eigenvalue weighted by Gasteiger charge is -2.10. The fourth-order valence-corrected chi connectivity index (χ4v) is 3.28. The Kier molecular flexibility index (Phi) is 4.55. The van der Waals surface area contributed by atoms with Crippen molar-refractivity contribution in [1.82, 2.24) is 0 Å². The van der Waals surface area contributed by atoms with Crippen molar-refractivity contribution in [3.8, 4) is 0 Å². The summed E-state index contributed by atoms with van der Waals surface area (Å²) in [6.45, 7) is 0. The second-order valence-corrected chi connectivity index (χ2v) is 7.03. The van der Waals surface area contributed by atoms with Gasteiger partial charge in [-0.2, -0.15) is 0 Å². The van der Waals surface area contributed by atoms with Gasteiger partial charge in [0, 0.05) is 9.50 Å². The maximum Gasteiger partial charge on any atom is 0.335 e. The zero-order valence-corrected chi connectivity index (χ0v) is 13.5. The van der Waals surface area contributed by atoms with Gasteiger partial charge in [-0.25, -0.2) is 13.2 Å². The lowest BCUT2D eigenvalue weighted by atomic mass is 10.2. The Morgan fingerprint density at radius 1 is 1.14 bits per heavy atom. The molecule has 0 amide bonds. The molecule has 2 aromatic rings. The molecule has 0 aromatic heterocycles. The molecule has 5 nitrogen and oxygen atoms in total. The van der Waals surface area contributed by atoms with E-state index in [4.69, 9.17) is 16.7 Å². The van der Waals surface area contributed by atoms with Gasteiger partial charge in [-0.15, -0.1) is 0 Å². The Labute approximate surface area is 134 Å². The Morgan fingerprint density at radius 2 is 1.76 bits per heavy atom. The number of anilines is 1. The van der Waals surface area contributed by atoms with Crippen LogP contribution in [0.25, 0.3) is 0 Å². The molecule has 0 saturated heterocycles. The molecule has 0 heterocycles. The monoisotopic (exact) mass is 389 g/mol. The van der Waals surface area contributed by atoms with Crippen LogP contribution in [0.3, 0.4) is 0 Å². The summed E-state index contributed by atoms with van der Waals surface area (Å²) >= 11 is 9.05. The normalized spacial score (nSPS) is 11.1. The van der Waals surface area contributed by atoms with Crippen LogP contribution in [0, 0.1) is 0 Å². The first-order valence-electron chi connectivity index (χ1n) is 5.61. The number of hydrogen-bond acceptors (Lipinski definition) is 3. The van der Waals surface area contributed by atoms with Crippen LogP contribution < -0.4 is 4.72 Å². The van der Waals surface area contributed by atoms with Gasteiger partial charge in [0.1, 0.15) is 0 Å². The predicted octanol–water partition coefficient (Wildman–Crippen LogP) is 3.60. The first-order valence-corrected chi connectivity index (χ1v) is 8.26. The molecule has 0 bridgehead atoms. The van der Waals surface area contributed by atoms with Gasteiger partial charge in [-0.05, 0) is 58.4 Å². The number of aromatic carboxylic acids is 1. The predicted molar refractivity (Wildman–Crippen MR) is 83.4 cm³/mol. The highest BCUT2D eigenvalue weighted by molar-refractivity contribution is 9.10. The van der Waals surface area contributed by atoms with E-state index < -0.39 is 16.0 Å². The molecular formula is C13H9BrClNO4S. The lowest BCUT2D eigenvalue weighted by molar-refractivity contribution is 0.0697. The van der Waals surface area contributed by atoms with Crippen LogP contribution >= 0.6 is 27.5 Å². The van der Waals surface area contributed by atoms with Gasteiger partial charge >= 0.3 is 5.97 Å². The van der Waals surface area contributed by atoms with Gasteiger partial charge in [0.25, 0.3) is 10.0 Å². The van der Waals surface area contributed by atoms with Crippen LogP contribution in [0.4, 0.5) is 5.69 Å². The van der Waals surface area contributed by atoms with E-state index in [1.165, 1.54) is 30.3 Å². The molecule has 0 aliphatic heterocycles. The Morgan fingerprint density at radius 3 is 2.33 bits per heavy atom. The molecule has 0 fully saturated rings. The fraction of sp³-hybridized carbons (Fsp3) is 0. The van der Waals surface area contributed by atoms with Crippen molar-refractivity contribution in [1.29, 1.82) is 0 Å². The molecule has 0 atom stereocenters.